The summed E-state index contributed by atoms with van der Waals surface area (Å²) < 4.78 is 10.5. The van der Waals surface area contributed by atoms with Crippen LogP contribution in [0.25, 0.3) is 0 Å². The van der Waals surface area contributed by atoms with E-state index in [1.807, 2.05) is 0 Å². The SMILES string of the molecule is CC(C)(CCC(=O)O)NC(=O)COc1cccc(NC(=O)c2ccco2)c1. The summed E-state index contributed by atoms with van der Waals surface area (Å²) in [5.41, 5.74) is -0.159. The van der Waals surface area contributed by atoms with Gasteiger partial charge in [-0.3, -0.25) is 14.4 Å². The first-order valence-corrected chi connectivity index (χ1v) is 8.36. The molecule has 0 saturated carbocycles. The summed E-state index contributed by atoms with van der Waals surface area (Å²) >= 11 is 0. The Labute approximate surface area is 156 Å². The number of ether oxygens (including phenoxy) is 1. The minimum atomic E-state index is -0.915. The quantitative estimate of drug-likeness (QED) is 0.621. The monoisotopic (exact) mass is 374 g/mol. The molecule has 8 heteroatoms. The lowest BCUT2D eigenvalue weighted by atomic mass is 9.98. The Morgan fingerprint density at radius 3 is 2.63 bits per heavy atom. The molecule has 2 rings (SSSR count). The van der Waals surface area contributed by atoms with E-state index in [-0.39, 0.29) is 24.7 Å². The molecule has 0 radical (unpaired) electrons. The largest absolute Gasteiger partial charge is 0.484 e. The van der Waals surface area contributed by atoms with Crippen molar-refractivity contribution in [1.29, 1.82) is 0 Å². The molecular weight excluding hydrogens is 352 g/mol. The lowest BCUT2D eigenvalue weighted by Crippen LogP contribution is -2.45. The molecule has 1 aromatic carbocycles. The van der Waals surface area contributed by atoms with Gasteiger partial charge in [-0.1, -0.05) is 6.07 Å². The molecule has 0 saturated heterocycles. The predicted octanol–water partition coefficient (Wildman–Crippen LogP) is 2.67. The standard InChI is InChI=1S/C19H22N2O6/c1-19(2,9-8-17(23)24)21-16(22)12-27-14-6-3-5-13(11-14)20-18(25)15-7-4-10-26-15/h3-7,10-11H,8-9,12H2,1-2H3,(H,20,25)(H,21,22)(H,23,24). The van der Waals surface area contributed by atoms with Crippen LogP contribution < -0.4 is 15.4 Å². The predicted molar refractivity (Wildman–Crippen MR) is 97.7 cm³/mol. The lowest BCUT2D eigenvalue weighted by molar-refractivity contribution is -0.138. The average Bonchev–Trinajstić information content (AvgIpc) is 3.13. The number of carbonyl (C=O) groups is 3. The minimum Gasteiger partial charge on any atom is -0.484 e. The molecule has 0 bridgehead atoms. The third kappa shape index (κ3) is 6.85. The number of rotatable bonds is 9. The van der Waals surface area contributed by atoms with Crippen LogP contribution in [-0.2, 0) is 9.59 Å². The number of hydrogen-bond acceptors (Lipinski definition) is 5. The van der Waals surface area contributed by atoms with Gasteiger partial charge in [0, 0.05) is 23.7 Å². The van der Waals surface area contributed by atoms with E-state index in [0.29, 0.717) is 17.9 Å². The molecule has 0 aliphatic carbocycles. The van der Waals surface area contributed by atoms with Gasteiger partial charge in [-0.15, -0.1) is 0 Å². The Kier molecular flexibility index (Phi) is 6.59. The van der Waals surface area contributed by atoms with Gasteiger partial charge in [-0.25, -0.2) is 0 Å². The number of benzene rings is 1. The first kappa shape index (κ1) is 20.0. The molecular formula is C19H22N2O6. The summed E-state index contributed by atoms with van der Waals surface area (Å²) in [4.78, 5) is 34.6. The Morgan fingerprint density at radius 2 is 1.96 bits per heavy atom. The van der Waals surface area contributed by atoms with Crippen LogP contribution in [0.4, 0.5) is 5.69 Å². The van der Waals surface area contributed by atoms with Crippen molar-refractivity contribution in [2.24, 2.45) is 0 Å². The van der Waals surface area contributed by atoms with Gasteiger partial charge < -0.3 is 24.9 Å². The number of anilines is 1. The molecule has 2 amide bonds. The van der Waals surface area contributed by atoms with Crippen molar-refractivity contribution in [3.63, 3.8) is 0 Å². The van der Waals surface area contributed by atoms with E-state index in [1.54, 1.807) is 50.2 Å². The number of amides is 2. The molecule has 27 heavy (non-hydrogen) atoms. The summed E-state index contributed by atoms with van der Waals surface area (Å²) in [5.74, 6) is -1.08. The van der Waals surface area contributed by atoms with Crippen LogP contribution in [0.3, 0.4) is 0 Å². The summed E-state index contributed by atoms with van der Waals surface area (Å²) in [7, 11) is 0. The number of carboxylic acids is 1. The summed E-state index contributed by atoms with van der Waals surface area (Å²) in [5, 5.41) is 14.1. The Hall–Kier alpha value is -3.29. The van der Waals surface area contributed by atoms with E-state index in [9.17, 15) is 14.4 Å². The van der Waals surface area contributed by atoms with Crippen molar-refractivity contribution in [2.75, 3.05) is 11.9 Å². The molecule has 3 N–H and O–H groups in total. The van der Waals surface area contributed by atoms with E-state index < -0.39 is 17.4 Å². The van der Waals surface area contributed by atoms with Gasteiger partial charge in [0.15, 0.2) is 12.4 Å². The van der Waals surface area contributed by atoms with Gasteiger partial charge in [-0.2, -0.15) is 0 Å². The molecule has 1 aromatic heterocycles. The van der Waals surface area contributed by atoms with Crippen LogP contribution in [0.15, 0.2) is 47.1 Å². The van der Waals surface area contributed by atoms with Gasteiger partial charge in [-0.05, 0) is 44.5 Å². The molecule has 0 fully saturated rings. The van der Waals surface area contributed by atoms with E-state index in [0.717, 1.165) is 0 Å². The fourth-order valence-corrected chi connectivity index (χ4v) is 2.31. The fraction of sp³-hybridized carbons (Fsp3) is 0.316. The van der Waals surface area contributed by atoms with Gasteiger partial charge in [0.2, 0.25) is 0 Å². The average molecular weight is 374 g/mol. The molecule has 0 spiro atoms. The molecule has 0 aliphatic rings. The molecule has 0 aliphatic heterocycles. The van der Waals surface area contributed by atoms with Crippen LogP contribution >= 0.6 is 0 Å². The van der Waals surface area contributed by atoms with Crippen LogP contribution in [0, 0.1) is 0 Å². The third-order valence-corrected chi connectivity index (χ3v) is 3.65. The molecule has 1 heterocycles. The van der Waals surface area contributed by atoms with Crippen LogP contribution in [0.2, 0.25) is 0 Å². The van der Waals surface area contributed by atoms with Gasteiger partial charge in [0.25, 0.3) is 11.8 Å². The first-order valence-electron chi connectivity index (χ1n) is 8.36. The third-order valence-electron chi connectivity index (χ3n) is 3.65. The van der Waals surface area contributed by atoms with E-state index in [1.165, 1.54) is 6.26 Å². The van der Waals surface area contributed by atoms with E-state index in [4.69, 9.17) is 14.3 Å². The highest BCUT2D eigenvalue weighted by Crippen LogP contribution is 2.18. The summed E-state index contributed by atoms with van der Waals surface area (Å²) in [6.07, 6.45) is 1.68. The Bertz CT molecular complexity index is 798. The first-order chi connectivity index (χ1) is 12.7. The van der Waals surface area contributed by atoms with Crippen LogP contribution in [-0.4, -0.2) is 35.0 Å². The molecule has 8 nitrogen and oxygen atoms in total. The maximum atomic E-state index is 12.0. The maximum Gasteiger partial charge on any atom is 0.303 e. The minimum absolute atomic E-state index is 0.0362. The molecule has 2 aromatic rings. The number of carbonyl (C=O) groups excluding carboxylic acids is 2. The summed E-state index contributed by atoms with van der Waals surface area (Å²) in [6.45, 7) is 3.27. The second-order valence-corrected chi connectivity index (χ2v) is 6.57. The highest BCUT2D eigenvalue weighted by molar-refractivity contribution is 6.02. The zero-order chi connectivity index (χ0) is 19.9. The second kappa shape index (κ2) is 8.88. The zero-order valence-corrected chi connectivity index (χ0v) is 15.2. The smallest absolute Gasteiger partial charge is 0.303 e. The second-order valence-electron chi connectivity index (χ2n) is 6.57. The van der Waals surface area contributed by atoms with Crippen molar-refractivity contribution < 1.29 is 28.6 Å². The van der Waals surface area contributed by atoms with Crippen molar-refractivity contribution >= 4 is 23.5 Å². The van der Waals surface area contributed by atoms with Crippen molar-refractivity contribution in [1.82, 2.24) is 5.32 Å². The highest BCUT2D eigenvalue weighted by atomic mass is 16.5. The number of aliphatic carboxylic acids is 1. The number of furan rings is 1. The number of hydrogen-bond donors (Lipinski definition) is 3. The maximum absolute atomic E-state index is 12.0. The summed E-state index contributed by atoms with van der Waals surface area (Å²) in [6, 6.07) is 9.77. The van der Waals surface area contributed by atoms with Crippen LogP contribution in [0.1, 0.15) is 37.2 Å². The van der Waals surface area contributed by atoms with Crippen molar-refractivity contribution in [3.05, 3.63) is 48.4 Å². The van der Waals surface area contributed by atoms with Crippen molar-refractivity contribution in [2.45, 2.75) is 32.2 Å². The topological polar surface area (TPSA) is 118 Å². The van der Waals surface area contributed by atoms with Crippen LogP contribution in [0.5, 0.6) is 5.75 Å². The van der Waals surface area contributed by atoms with E-state index in [2.05, 4.69) is 10.6 Å². The normalized spacial score (nSPS) is 10.9. The molecule has 0 atom stereocenters. The van der Waals surface area contributed by atoms with Gasteiger partial charge >= 0.3 is 5.97 Å². The molecule has 144 valence electrons. The Balaban J connectivity index is 1.86. The molecule has 0 unspecified atom stereocenters. The number of carboxylic acid groups (broad SMARTS) is 1. The van der Waals surface area contributed by atoms with Gasteiger partial charge in [0.05, 0.1) is 6.26 Å². The highest BCUT2D eigenvalue weighted by Gasteiger charge is 2.21. The van der Waals surface area contributed by atoms with Crippen molar-refractivity contribution in [3.8, 4) is 5.75 Å². The zero-order valence-electron chi connectivity index (χ0n) is 15.2. The number of nitrogens with one attached hydrogen (secondary N) is 2. The Morgan fingerprint density at radius 1 is 1.19 bits per heavy atom. The fourth-order valence-electron chi connectivity index (χ4n) is 2.31. The lowest BCUT2D eigenvalue weighted by Gasteiger charge is -2.25. The van der Waals surface area contributed by atoms with Gasteiger partial charge in [0.1, 0.15) is 5.75 Å². The van der Waals surface area contributed by atoms with E-state index >= 15 is 0 Å².